The standard InChI is InChI=1S/C9H10N8S/c1-16-4-3-5(14-16)6-11-8-13-9(18-2)12-7(10)17(8)15-6/h3-4H,1-2H3,(H2,10,11,12,13,15). The second kappa shape index (κ2) is 3.95. The molecule has 9 heteroatoms. The monoisotopic (exact) mass is 262 g/mol. The van der Waals surface area contributed by atoms with Gasteiger partial charge in [-0.25, -0.2) is 0 Å². The number of nitrogens with two attached hydrogens (primary N) is 1. The molecule has 3 aromatic heterocycles. The van der Waals surface area contributed by atoms with Gasteiger partial charge in [0.25, 0.3) is 5.78 Å². The fourth-order valence-corrected chi connectivity index (χ4v) is 1.88. The van der Waals surface area contributed by atoms with Crippen LogP contribution in [0.5, 0.6) is 0 Å². The van der Waals surface area contributed by atoms with Crippen molar-refractivity contribution in [2.24, 2.45) is 7.05 Å². The molecule has 0 fully saturated rings. The van der Waals surface area contributed by atoms with Gasteiger partial charge in [-0.05, 0) is 12.3 Å². The van der Waals surface area contributed by atoms with E-state index in [1.807, 2.05) is 25.6 Å². The Labute approximate surface area is 106 Å². The lowest BCUT2D eigenvalue weighted by molar-refractivity contribution is 0.768. The zero-order chi connectivity index (χ0) is 12.7. The Hall–Kier alpha value is -2.16. The van der Waals surface area contributed by atoms with Crippen molar-refractivity contribution in [2.45, 2.75) is 5.16 Å². The number of aryl methyl sites for hydroxylation is 1. The van der Waals surface area contributed by atoms with Crippen LogP contribution in [0.1, 0.15) is 0 Å². The summed E-state index contributed by atoms with van der Waals surface area (Å²) in [4.78, 5) is 12.6. The summed E-state index contributed by atoms with van der Waals surface area (Å²) in [6, 6.07) is 1.83. The average Bonchev–Trinajstić information content (AvgIpc) is 2.94. The summed E-state index contributed by atoms with van der Waals surface area (Å²) in [5.41, 5.74) is 6.47. The topological polar surface area (TPSA) is 99.8 Å². The van der Waals surface area contributed by atoms with Crippen LogP contribution in [0, 0.1) is 0 Å². The Morgan fingerprint density at radius 1 is 1.22 bits per heavy atom. The van der Waals surface area contributed by atoms with Crippen LogP contribution in [-0.2, 0) is 7.05 Å². The number of nitrogens with zero attached hydrogens (tertiary/aromatic N) is 7. The molecule has 0 aliphatic carbocycles. The minimum Gasteiger partial charge on any atom is -0.368 e. The van der Waals surface area contributed by atoms with Crippen LogP contribution in [0.2, 0.25) is 0 Å². The molecule has 0 aromatic carbocycles. The summed E-state index contributed by atoms with van der Waals surface area (Å²) in [6.07, 6.45) is 3.70. The van der Waals surface area contributed by atoms with E-state index in [0.29, 0.717) is 22.5 Å². The summed E-state index contributed by atoms with van der Waals surface area (Å²) >= 11 is 1.40. The highest BCUT2D eigenvalue weighted by molar-refractivity contribution is 7.98. The smallest absolute Gasteiger partial charge is 0.258 e. The molecule has 0 radical (unpaired) electrons. The first kappa shape index (κ1) is 11.0. The largest absolute Gasteiger partial charge is 0.368 e. The van der Waals surface area contributed by atoms with Gasteiger partial charge in [-0.1, -0.05) is 11.8 Å². The maximum absolute atomic E-state index is 5.80. The quantitative estimate of drug-likeness (QED) is 0.659. The Bertz CT molecular complexity index is 715. The van der Waals surface area contributed by atoms with Gasteiger partial charge in [-0.3, -0.25) is 4.68 Å². The van der Waals surface area contributed by atoms with Gasteiger partial charge in [0.1, 0.15) is 5.69 Å². The predicted octanol–water partition coefficient (Wildman–Crippen LogP) is 0.224. The minimum absolute atomic E-state index is 0.263. The first-order valence-electron chi connectivity index (χ1n) is 5.11. The van der Waals surface area contributed by atoms with Crippen LogP contribution in [0.15, 0.2) is 17.4 Å². The molecule has 2 N–H and O–H groups in total. The van der Waals surface area contributed by atoms with E-state index in [4.69, 9.17) is 5.73 Å². The third kappa shape index (κ3) is 1.68. The molecule has 3 rings (SSSR count). The lowest BCUT2D eigenvalue weighted by Crippen LogP contribution is -2.04. The van der Waals surface area contributed by atoms with E-state index in [2.05, 4.69) is 25.1 Å². The molecule has 0 bridgehead atoms. The van der Waals surface area contributed by atoms with E-state index in [1.54, 1.807) is 4.68 Å². The Balaban J connectivity index is 2.19. The normalized spacial score (nSPS) is 11.2. The van der Waals surface area contributed by atoms with E-state index < -0.39 is 0 Å². The third-order valence-corrected chi connectivity index (χ3v) is 2.89. The van der Waals surface area contributed by atoms with Gasteiger partial charge in [0, 0.05) is 13.2 Å². The van der Waals surface area contributed by atoms with Crippen molar-refractivity contribution in [3.05, 3.63) is 12.3 Å². The van der Waals surface area contributed by atoms with Gasteiger partial charge in [0.05, 0.1) is 0 Å². The number of hydrogen-bond acceptors (Lipinski definition) is 7. The maximum Gasteiger partial charge on any atom is 0.258 e. The van der Waals surface area contributed by atoms with Gasteiger partial charge in [0.2, 0.25) is 11.8 Å². The predicted molar refractivity (Wildman–Crippen MR) is 67.0 cm³/mol. The number of aromatic nitrogens is 7. The van der Waals surface area contributed by atoms with Crippen molar-refractivity contribution in [3.63, 3.8) is 0 Å². The number of thioether (sulfide) groups is 1. The molecule has 18 heavy (non-hydrogen) atoms. The SMILES string of the molecule is CSc1nc(N)n2nc(-c3ccn(C)n3)nc2n1. The second-order valence-electron chi connectivity index (χ2n) is 3.59. The molecule has 0 saturated heterocycles. The molecular formula is C9H10N8S. The number of anilines is 1. The van der Waals surface area contributed by atoms with Crippen LogP contribution in [0.4, 0.5) is 5.95 Å². The fourth-order valence-electron chi connectivity index (χ4n) is 1.52. The van der Waals surface area contributed by atoms with E-state index in [1.165, 1.54) is 16.3 Å². The Kier molecular flexibility index (Phi) is 2.40. The highest BCUT2D eigenvalue weighted by Crippen LogP contribution is 2.16. The molecule has 0 atom stereocenters. The van der Waals surface area contributed by atoms with E-state index in [9.17, 15) is 0 Å². The average molecular weight is 262 g/mol. The van der Waals surface area contributed by atoms with Crippen LogP contribution in [0.3, 0.4) is 0 Å². The second-order valence-corrected chi connectivity index (χ2v) is 4.36. The summed E-state index contributed by atoms with van der Waals surface area (Å²) < 4.78 is 3.09. The number of nitrogen functional groups attached to an aromatic ring is 1. The van der Waals surface area contributed by atoms with Gasteiger partial charge < -0.3 is 5.73 Å². The van der Waals surface area contributed by atoms with Crippen LogP contribution < -0.4 is 5.73 Å². The van der Waals surface area contributed by atoms with E-state index >= 15 is 0 Å². The van der Waals surface area contributed by atoms with Gasteiger partial charge in [-0.2, -0.15) is 24.6 Å². The van der Waals surface area contributed by atoms with Gasteiger partial charge in [-0.15, -0.1) is 5.10 Å². The number of fused-ring (bicyclic) bond motifs is 1. The van der Waals surface area contributed by atoms with Crippen LogP contribution in [0.25, 0.3) is 17.3 Å². The van der Waals surface area contributed by atoms with Crippen LogP contribution in [-0.4, -0.2) is 40.6 Å². The molecule has 3 aromatic rings. The fraction of sp³-hybridized carbons (Fsp3) is 0.222. The molecule has 92 valence electrons. The molecule has 0 aliphatic heterocycles. The lowest BCUT2D eigenvalue weighted by Gasteiger charge is -1.97. The highest BCUT2D eigenvalue weighted by atomic mass is 32.2. The lowest BCUT2D eigenvalue weighted by atomic mass is 10.4. The zero-order valence-corrected chi connectivity index (χ0v) is 10.6. The maximum atomic E-state index is 5.80. The summed E-state index contributed by atoms with van der Waals surface area (Å²) in [6.45, 7) is 0. The van der Waals surface area contributed by atoms with Crippen molar-refractivity contribution < 1.29 is 0 Å². The molecular weight excluding hydrogens is 252 g/mol. The Morgan fingerprint density at radius 3 is 2.72 bits per heavy atom. The van der Waals surface area contributed by atoms with E-state index in [0.717, 1.165) is 0 Å². The first-order chi connectivity index (χ1) is 8.67. The van der Waals surface area contributed by atoms with Crippen molar-refractivity contribution in [3.8, 4) is 11.5 Å². The number of hydrogen-bond donors (Lipinski definition) is 1. The van der Waals surface area contributed by atoms with Crippen molar-refractivity contribution in [2.75, 3.05) is 12.0 Å². The Morgan fingerprint density at radius 2 is 2.06 bits per heavy atom. The van der Waals surface area contributed by atoms with Gasteiger partial charge in [0.15, 0.2) is 5.16 Å². The molecule has 0 unspecified atom stereocenters. The first-order valence-corrected chi connectivity index (χ1v) is 6.34. The summed E-state index contributed by atoms with van der Waals surface area (Å²) in [7, 11) is 1.83. The molecule has 0 amide bonds. The molecule has 0 saturated carbocycles. The highest BCUT2D eigenvalue weighted by Gasteiger charge is 2.13. The van der Waals surface area contributed by atoms with E-state index in [-0.39, 0.29) is 5.95 Å². The summed E-state index contributed by atoms with van der Waals surface area (Å²) in [5.74, 6) is 1.17. The molecule has 0 spiro atoms. The molecule has 3 heterocycles. The summed E-state index contributed by atoms with van der Waals surface area (Å²) in [5, 5.41) is 9.04. The van der Waals surface area contributed by atoms with Crippen molar-refractivity contribution >= 4 is 23.5 Å². The van der Waals surface area contributed by atoms with Crippen molar-refractivity contribution in [1.82, 2.24) is 34.3 Å². The minimum atomic E-state index is 0.263. The molecule has 8 nitrogen and oxygen atoms in total. The number of rotatable bonds is 2. The zero-order valence-electron chi connectivity index (χ0n) is 9.77. The third-order valence-electron chi connectivity index (χ3n) is 2.34. The van der Waals surface area contributed by atoms with Crippen LogP contribution >= 0.6 is 11.8 Å². The molecule has 0 aliphatic rings. The van der Waals surface area contributed by atoms with Gasteiger partial charge >= 0.3 is 0 Å². The van der Waals surface area contributed by atoms with Crippen molar-refractivity contribution in [1.29, 1.82) is 0 Å².